The van der Waals surface area contributed by atoms with Gasteiger partial charge in [0.15, 0.2) is 0 Å². The molecular formula is C17H25NO. The Morgan fingerprint density at radius 2 is 2.26 bits per heavy atom. The Bertz CT molecular complexity index is 431. The summed E-state index contributed by atoms with van der Waals surface area (Å²) in [5.41, 5.74) is 4.75. The first-order valence-corrected chi connectivity index (χ1v) is 7.86. The number of unbranched alkanes of at least 4 members (excludes halogenated alkanes) is 1. The van der Waals surface area contributed by atoms with Crippen LogP contribution >= 0.6 is 0 Å². The van der Waals surface area contributed by atoms with Crippen LogP contribution in [0.1, 0.15) is 45.4 Å². The highest BCUT2D eigenvalue weighted by Crippen LogP contribution is 2.45. The van der Waals surface area contributed by atoms with E-state index in [9.17, 15) is 0 Å². The molecule has 19 heavy (non-hydrogen) atoms. The van der Waals surface area contributed by atoms with E-state index < -0.39 is 0 Å². The van der Waals surface area contributed by atoms with Crippen LogP contribution < -0.4 is 5.32 Å². The predicted molar refractivity (Wildman–Crippen MR) is 78.9 cm³/mol. The Morgan fingerprint density at radius 3 is 3.16 bits per heavy atom. The zero-order valence-corrected chi connectivity index (χ0v) is 12.0. The lowest BCUT2D eigenvalue weighted by atomic mass is 9.85. The summed E-state index contributed by atoms with van der Waals surface area (Å²) in [5.74, 6) is 1.93. The number of hydrogen-bond acceptors (Lipinski definition) is 2. The van der Waals surface area contributed by atoms with Gasteiger partial charge in [0, 0.05) is 12.0 Å². The molecule has 0 amide bonds. The molecule has 1 aliphatic heterocycles. The summed E-state index contributed by atoms with van der Waals surface area (Å²) in [6.45, 7) is 5.46. The Balaban J connectivity index is 1.60. The second-order valence-electron chi connectivity index (χ2n) is 5.82. The summed E-state index contributed by atoms with van der Waals surface area (Å²) >= 11 is 0. The first-order valence-electron chi connectivity index (χ1n) is 7.86. The average molecular weight is 259 g/mol. The molecule has 2 aliphatic carbocycles. The van der Waals surface area contributed by atoms with Crippen LogP contribution in [0.3, 0.4) is 0 Å². The molecule has 0 aromatic rings. The van der Waals surface area contributed by atoms with Crippen molar-refractivity contribution in [1.82, 2.24) is 5.32 Å². The molecule has 1 heterocycles. The Kier molecular flexibility index (Phi) is 4.07. The predicted octanol–water partition coefficient (Wildman–Crippen LogP) is 3.72. The fraction of sp³-hybridized carbons (Fsp3) is 0.647. The number of ether oxygens (including phenoxy) is 1. The van der Waals surface area contributed by atoms with Crippen LogP contribution in [-0.4, -0.2) is 19.7 Å². The second-order valence-corrected chi connectivity index (χ2v) is 5.82. The Morgan fingerprint density at radius 1 is 1.32 bits per heavy atom. The lowest BCUT2D eigenvalue weighted by Gasteiger charge is -2.21. The van der Waals surface area contributed by atoms with Crippen molar-refractivity contribution in [2.45, 2.75) is 45.4 Å². The van der Waals surface area contributed by atoms with E-state index in [4.69, 9.17) is 4.74 Å². The molecule has 104 valence electrons. The summed E-state index contributed by atoms with van der Waals surface area (Å²) in [7, 11) is 0. The maximum absolute atomic E-state index is 5.73. The Hall–Kier alpha value is -1.02. The van der Waals surface area contributed by atoms with E-state index in [0.717, 1.165) is 31.9 Å². The van der Waals surface area contributed by atoms with Gasteiger partial charge in [-0.05, 0) is 61.9 Å². The Labute approximate surface area is 116 Å². The van der Waals surface area contributed by atoms with Crippen LogP contribution in [0.2, 0.25) is 0 Å². The van der Waals surface area contributed by atoms with Gasteiger partial charge in [-0.25, -0.2) is 0 Å². The van der Waals surface area contributed by atoms with Crippen LogP contribution in [0.25, 0.3) is 0 Å². The fourth-order valence-corrected chi connectivity index (χ4v) is 3.50. The van der Waals surface area contributed by atoms with Crippen molar-refractivity contribution in [2.24, 2.45) is 5.92 Å². The minimum Gasteiger partial charge on any atom is -0.493 e. The van der Waals surface area contributed by atoms with E-state index in [0.29, 0.717) is 0 Å². The van der Waals surface area contributed by atoms with Crippen molar-refractivity contribution in [2.75, 3.05) is 19.7 Å². The lowest BCUT2D eigenvalue weighted by Crippen LogP contribution is -2.20. The molecular weight excluding hydrogens is 234 g/mol. The first-order chi connectivity index (χ1) is 9.40. The molecule has 0 aromatic carbocycles. The van der Waals surface area contributed by atoms with Crippen molar-refractivity contribution in [3.05, 3.63) is 34.6 Å². The van der Waals surface area contributed by atoms with E-state index >= 15 is 0 Å². The smallest absolute Gasteiger partial charge is 0.119 e. The van der Waals surface area contributed by atoms with Crippen LogP contribution in [0.5, 0.6) is 0 Å². The molecule has 1 atom stereocenters. The van der Waals surface area contributed by atoms with Crippen molar-refractivity contribution in [3.8, 4) is 0 Å². The van der Waals surface area contributed by atoms with E-state index in [-0.39, 0.29) is 0 Å². The van der Waals surface area contributed by atoms with E-state index in [1.165, 1.54) is 43.6 Å². The minimum atomic E-state index is 0.740. The van der Waals surface area contributed by atoms with Crippen molar-refractivity contribution < 1.29 is 4.74 Å². The molecule has 2 nitrogen and oxygen atoms in total. The van der Waals surface area contributed by atoms with Gasteiger partial charge in [0.1, 0.15) is 5.76 Å². The molecule has 0 saturated carbocycles. The summed E-state index contributed by atoms with van der Waals surface area (Å²) in [6, 6.07) is 0. The maximum Gasteiger partial charge on any atom is 0.119 e. The summed E-state index contributed by atoms with van der Waals surface area (Å²) < 4.78 is 5.73. The van der Waals surface area contributed by atoms with E-state index in [1.54, 1.807) is 11.1 Å². The van der Waals surface area contributed by atoms with Gasteiger partial charge in [-0.2, -0.15) is 0 Å². The standard InChI is InChI=1S/C17H25NO/c1-2-3-10-18-11-8-14-5-4-13-6-7-16-15(17(13)14)9-12-19-16/h4,7,14,18H,2-3,5-6,8-12H2,1H3. The van der Waals surface area contributed by atoms with Gasteiger partial charge in [-0.15, -0.1) is 0 Å². The van der Waals surface area contributed by atoms with Crippen molar-refractivity contribution in [3.63, 3.8) is 0 Å². The van der Waals surface area contributed by atoms with Gasteiger partial charge < -0.3 is 10.1 Å². The number of rotatable bonds is 6. The van der Waals surface area contributed by atoms with Gasteiger partial charge in [-0.1, -0.05) is 19.4 Å². The number of fused-ring (bicyclic) bond motifs is 2. The van der Waals surface area contributed by atoms with Gasteiger partial charge in [0.25, 0.3) is 0 Å². The molecule has 1 unspecified atom stereocenters. The summed E-state index contributed by atoms with van der Waals surface area (Å²) in [5, 5.41) is 3.58. The molecule has 1 fully saturated rings. The third kappa shape index (κ3) is 2.64. The highest BCUT2D eigenvalue weighted by Gasteiger charge is 2.32. The third-order valence-electron chi connectivity index (χ3n) is 4.52. The highest BCUT2D eigenvalue weighted by atomic mass is 16.5. The first kappa shape index (κ1) is 13.0. The topological polar surface area (TPSA) is 21.3 Å². The molecule has 0 aromatic heterocycles. The minimum absolute atomic E-state index is 0.740. The second kappa shape index (κ2) is 5.96. The van der Waals surface area contributed by atoms with Crippen molar-refractivity contribution in [1.29, 1.82) is 0 Å². The quantitative estimate of drug-likeness (QED) is 0.734. The molecule has 1 N–H and O–H groups in total. The molecule has 2 heteroatoms. The third-order valence-corrected chi connectivity index (χ3v) is 4.52. The molecule has 3 rings (SSSR count). The molecule has 0 spiro atoms. The number of nitrogens with one attached hydrogen (secondary N) is 1. The SMILES string of the molecule is CCCCNCCC1CC=C2CC=C3OCCC3=C21. The van der Waals surface area contributed by atoms with Crippen molar-refractivity contribution >= 4 is 0 Å². The number of allylic oxidation sites excluding steroid dienone is 5. The maximum atomic E-state index is 5.73. The zero-order valence-electron chi connectivity index (χ0n) is 12.0. The monoisotopic (exact) mass is 259 g/mol. The fourth-order valence-electron chi connectivity index (χ4n) is 3.50. The highest BCUT2D eigenvalue weighted by molar-refractivity contribution is 5.53. The van der Waals surface area contributed by atoms with Crippen LogP contribution in [0.15, 0.2) is 34.6 Å². The molecule has 0 bridgehead atoms. The molecule has 3 aliphatic rings. The molecule has 1 saturated heterocycles. The summed E-state index contributed by atoms with van der Waals surface area (Å²) in [4.78, 5) is 0. The zero-order chi connectivity index (χ0) is 13.1. The van der Waals surface area contributed by atoms with Gasteiger partial charge in [0.05, 0.1) is 6.61 Å². The molecule has 0 radical (unpaired) electrons. The van der Waals surface area contributed by atoms with E-state index in [2.05, 4.69) is 24.4 Å². The summed E-state index contributed by atoms with van der Waals surface area (Å²) in [6.07, 6.45) is 12.0. The normalized spacial score (nSPS) is 24.8. The van der Waals surface area contributed by atoms with Crippen LogP contribution in [0, 0.1) is 5.92 Å². The lowest BCUT2D eigenvalue weighted by molar-refractivity contribution is 0.264. The van der Waals surface area contributed by atoms with Crippen LogP contribution in [0.4, 0.5) is 0 Å². The van der Waals surface area contributed by atoms with Gasteiger partial charge >= 0.3 is 0 Å². The van der Waals surface area contributed by atoms with Gasteiger partial charge in [-0.3, -0.25) is 0 Å². The average Bonchev–Trinajstić information content (AvgIpc) is 3.03. The van der Waals surface area contributed by atoms with Crippen LogP contribution in [-0.2, 0) is 4.74 Å². The van der Waals surface area contributed by atoms with E-state index in [1.807, 2.05) is 0 Å². The van der Waals surface area contributed by atoms with Gasteiger partial charge in [0.2, 0.25) is 0 Å². The largest absolute Gasteiger partial charge is 0.493 e. The number of hydrogen-bond donors (Lipinski definition) is 1.